The normalized spacial score (nSPS) is 12.1. The fraction of sp³-hybridized carbons (Fsp3) is 0.182. The third-order valence-electron chi connectivity index (χ3n) is 2.28. The molecule has 94 valence electrons. The monoisotopic (exact) mass is 263 g/mol. The summed E-state index contributed by atoms with van der Waals surface area (Å²) in [7, 11) is 0. The molecule has 0 saturated carbocycles. The number of aromatic amines is 1. The summed E-state index contributed by atoms with van der Waals surface area (Å²) < 4.78 is 0. The van der Waals surface area contributed by atoms with Gasteiger partial charge in [0.1, 0.15) is 11.1 Å². The van der Waals surface area contributed by atoms with E-state index in [0.717, 1.165) is 5.56 Å². The summed E-state index contributed by atoms with van der Waals surface area (Å²) in [5, 5.41) is 6.79. The molecule has 1 unspecified atom stereocenters. The van der Waals surface area contributed by atoms with E-state index < -0.39 is 5.25 Å². The van der Waals surface area contributed by atoms with Crippen molar-refractivity contribution in [2.45, 2.75) is 17.3 Å². The van der Waals surface area contributed by atoms with E-state index in [-0.39, 0.29) is 5.91 Å². The van der Waals surface area contributed by atoms with Crippen LogP contribution in [0.4, 0.5) is 0 Å². The maximum Gasteiger partial charge on any atom is 0.251 e. The van der Waals surface area contributed by atoms with Crippen LogP contribution in [0.5, 0.6) is 0 Å². The Morgan fingerprint density at radius 2 is 2.17 bits per heavy atom. The smallest absolute Gasteiger partial charge is 0.251 e. The number of nitrogens with one attached hydrogen (secondary N) is 2. The van der Waals surface area contributed by atoms with Crippen molar-refractivity contribution < 1.29 is 4.79 Å². The maximum atomic E-state index is 11.8. The molecule has 1 aromatic carbocycles. The zero-order valence-corrected chi connectivity index (χ0v) is 10.6. The van der Waals surface area contributed by atoms with Gasteiger partial charge in [-0.1, -0.05) is 42.1 Å². The van der Waals surface area contributed by atoms with Gasteiger partial charge in [0.05, 0.1) is 0 Å². The van der Waals surface area contributed by atoms with E-state index >= 15 is 0 Å². The number of amides is 1. The number of aryl methyl sites for hydroxylation is 1. The molecule has 1 heterocycles. The number of rotatable bonds is 4. The van der Waals surface area contributed by atoms with Crippen LogP contribution >= 0.6 is 11.8 Å². The van der Waals surface area contributed by atoms with Crippen molar-refractivity contribution in [1.82, 2.24) is 20.6 Å². The Morgan fingerprint density at radius 3 is 2.72 bits per heavy atom. The lowest BCUT2D eigenvalue weighted by atomic mass is 10.1. The number of hydrogen-bond acceptors (Lipinski definition) is 5. The van der Waals surface area contributed by atoms with Gasteiger partial charge in [0.15, 0.2) is 0 Å². The second kappa shape index (κ2) is 5.65. The molecule has 7 heteroatoms. The first-order chi connectivity index (χ1) is 8.70. The Morgan fingerprint density at radius 1 is 1.44 bits per heavy atom. The van der Waals surface area contributed by atoms with E-state index in [1.807, 2.05) is 30.3 Å². The van der Waals surface area contributed by atoms with Crippen LogP contribution in [0.3, 0.4) is 0 Å². The Labute approximate surface area is 108 Å². The third-order valence-corrected chi connectivity index (χ3v) is 3.40. The lowest BCUT2D eigenvalue weighted by Crippen LogP contribution is -2.33. The van der Waals surface area contributed by atoms with Crippen LogP contribution in [-0.2, 0) is 4.79 Å². The lowest BCUT2D eigenvalue weighted by molar-refractivity contribution is -0.120. The molecule has 0 saturated heterocycles. The highest BCUT2D eigenvalue weighted by Crippen LogP contribution is 2.33. The lowest BCUT2D eigenvalue weighted by Gasteiger charge is -2.12. The van der Waals surface area contributed by atoms with Crippen LogP contribution in [0.25, 0.3) is 0 Å². The van der Waals surface area contributed by atoms with E-state index in [9.17, 15) is 4.79 Å². The molecule has 0 fully saturated rings. The highest BCUT2D eigenvalue weighted by Gasteiger charge is 2.22. The second-order valence-corrected chi connectivity index (χ2v) is 4.69. The molecule has 0 aliphatic rings. The number of nitrogens with two attached hydrogens (primary N) is 1. The molecule has 0 bridgehead atoms. The minimum absolute atomic E-state index is 0.284. The molecule has 2 aromatic rings. The Kier molecular flexibility index (Phi) is 3.96. The Balaban J connectivity index is 2.24. The standard InChI is InChI=1S/C11H13N5OS/c1-7-13-11(16-15-7)18-9(10(17)14-12)8-5-3-2-4-6-8/h2-6,9H,12H2,1H3,(H,14,17)(H,13,15,16). The topological polar surface area (TPSA) is 96.7 Å². The number of hydrazine groups is 1. The van der Waals surface area contributed by atoms with Crippen LogP contribution in [-0.4, -0.2) is 21.1 Å². The fourth-order valence-corrected chi connectivity index (χ4v) is 2.42. The van der Waals surface area contributed by atoms with Crippen molar-refractivity contribution in [2.75, 3.05) is 0 Å². The zero-order valence-electron chi connectivity index (χ0n) is 9.75. The number of nitrogens with zero attached hydrogens (tertiary/aromatic N) is 2. The van der Waals surface area contributed by atoms with Gasteiger partial charge in [-0.2, -0.15) is 0 Å². The maximum absolute atomic E-state index is 11.8. The molecule has 0 radical (unpaired) electrons. The van der Waals surface area contributed by atoms with Gasteiger partial charge < -0.3 is 0 Å². The molecule has 0 spiro atoms. The minimum atomic E-state index is -0.466. The summed E-state index contributed by atoms with van der Waals surface area (Å²) >= 11 is 1.25. The van der Waals surface area contributed by atoms with Gasteiger partial charge in [-0.3, -0.25) is 15.3 Å². The molecule has 1 amide bonds. The van der Waals surface area contributed by atoms with Gasteiger partial charge in [0, 0.05) is 0 Å². The van der Waals surface area contributed by atoms with Gasteiger partial charge in [-0.05, 0) is 12.5 Å². The molecule has 1 atom stereocenters. The molecule has 18 heavy (non-hydrogen) atoms. The van der Waals surface area contributed by atoms with Crippen LogP contribution in [0.1, 0.15) is 16.6 Å². The van der Waals surface area contributed by atoms with Crippen molar-refractivity contribution in [2.24, 2.45) is 5.84 Å². The first-order valence-electron chi connectivity index (χ1n) is 5.32. The summed E-state index contributed by atoms with van der Waals surface area (Å²) in [6.07, 6.45) is 0. The van der Waals surface area contributed by atoms with Gasteiger partial charge in [0.2, 0.25) is 5.16 Å². The minimum Gasteiger partial charge on any atom is -0.293 e. The van der Waals surface area contributed by atoms with Crippen molar-refractivity contribution in [3.05, 3.63) is 41.7 Å². The number of aromatic nitrogens is 3. The summed E-state index contributed by atoms with van der Waals surface area (Å²) in [4.78, 5) is 16.0. The first kappa shape index (κ1) is 12.6. The fourth-order valence-electron chi connectivity index (χ4n) is 1.46. The van der Waals surface area contributed by atoms with E-state index in [2.05, 4.69) is 20.6 Å². The van der Waals surface area contributed by atoms with Crippen LogP contribution in [0, 0.1) is 6.92 Å². The number of benzene rings is 1. The first-order valence-corrected chi connectivity index (χ1v) is 6.19. The van der Waals surface area contributed by atoms with Crippen LogP contribution in [0.2, 0.25) is 0 Å². The van der Waals surface area contributed by atoms with E-state index in [4.69, 9.17) is 5.84 Å². The van der Waals surface area contributed by atoms with E-state index in [1.54, 1.807) is 6.92 Å². The number of H-pyrrole nitrogens is 1. The summed E-state index contributed by atoms with van der Waals surface area (Å²) in [6.45, 7) is 1.80. The van der Waals surface area contributed by atoms with Crippen molar-refractivity contribution >= 4 is 17.7 Å². The molecule has 0 aliphatic heterocycles. The summed E-state index contributed by atoms with van der Waals surface area (Å²) in [5.74, 6) is 5.63. The average Bonchev–Trinajstić information content (AvgIpc) is 2.82. The highest BCUT2D eigenvalue weighted by atomic mass is 32.2. The van der Waals surface area contributed by atoms with Gasteiger partial charge >= 0.3 is 0 Å². The third kappa shape index (κ3) is 2.88. The zero-order chi connectivity index (χ0) is 13.0. The average molecular weight is 263 g/mol. The number of hydrogen-bond donors (Lipinski definition) is 3. The van der Waals surface area contributed by atoms with Crippen LogP contribution < -0.4 is 11.3 Å². The number of carbonyl (C=O) groups is 1. The number of thioether (sulfide) groups is 1. The summed E-state index contributed by atoms with van der Waals surface area (Å²) in [6, 6.07) is 9.37. The molecule has 4 N–H and O–H groups in total. The molecule has 2 rings (SSSR count). The molecular formula is C11H13N5OS. The van der Waals surface area contributed by atoms with Crippen LogP contribution in [0.15, 0.2) is 35.5 Å². The van der Waals surface area contributed by atoms with E-state index in [0.29, 0.717) is 11.0 Å². The predicted molar refractivity (Wildman–Crippen MR) is 68.5 cm³/mol. The number of carbonyl (C=O) groups excluding carboxylic acids is 1. The Bertz CT molecular complexity index is 527. The molecule has 6 nitrogen and oxygen atoms in total. The predicted octanol–water partition coefficient (Wildman–Crippen LogP) is 0.936. The van der Waals surface area contributed by atoms with Crippen molar-refractivity contribution in [1.29, 1.82) is 0 Å². The van der Waals surface area contributed by atoms with Gasteiger partial charge in [0.25, 0.3) is 5.91 Å². The Hall–Kier alpha value is -1.86. The van der Waals surface area contributed by atoms with Crippen molar-refractivity contribution in [3.63, 3.8) is 0 Å². The van der Waals surface area contributed by atoms with E-state index in [1.165, 1.54) is 11.8 Å². The quantitative estimate of drug-likeness (QED) is 0.330. The van der Waals surface area contributed by atoms with Crippen molar-refractivity contribution in [3.8, 4) is 0 Å². The van der Waals surface area contributed by atoms with Gasteiger partial charge in [-0.15, -0.1) is 5.10 Å². The SMILES string of the molecule is Cc1nc(SC(C(=O)NN)c2ccccc2)n[nH]1. The molecule has 1 aromatic heterocycles. The summed E-state index contributed by atoms with van der Waals surface area (Å²) in [5.41, 5.74) is 3.02. The van der Waals surface area contributed by atoms with Gasteiger partial charge in [-0.25, -0.2) is 10.8 Å². The second-order valence-electron chi connectivity index (χ2n) is 3.62. The largest absolute Gasteiger partial charge is 0.293 e. The highest BCUT2D eigenvalue weighted by molar-refractivity contribution is 8.00. The molecular weight excluding hydrogens is 250 g/mol. The molecule has 0 aliphatic carbocycles.